The summed E-state index contributed by atoms with van der Waals surface area (Å²) in [6.07, 6.45) is 0. The first-order valence-electron chi connectivity index (χ1n) is 12.5. The summed E-state index contributed by atoms with van der Waals surface area (Å²) in [6, 6.07) is 5.41. The maximum absolute atomic E-state index is 14.3. The highest BCUT2D eigenvalue weighted by Crippen LogP contribution is 2.50. The number of hydrogen-bond acceptors (Lipinski definition) is 6. The lowest BCUT2D eigenvalue weighted by Crippen LogP contribution is -2.29. The summed E-state index contributed by atoms with van der Waals surface area (Å²) < 4.78 is 32.3. The van der Waals surface area contributed by atoms with Crippen LogP contribution in [0.15, 0.2) is 87.7 Å². The summed E-state index contributed by atoms with van der Waals surface area (Å²) in [5.74, 6) is -2.49. The largest absolute Gasteiger partial charge is 0.268 e. The highest BCUT2D eigenvalue weighted by atomic mass is 79.9. The minimum absolute atomic E-state index is 0.0444. The fraction of sp³-hybridized carbons (Fsp3) is 0. The number of imide groups is 2. The molecule has 4 aromatic carbocycles. The number of halogens is 12. The zero-order valence-electron chi connectivity index (χ0n) is 22.6. The molecule has 0 aliphatic carbocycles. The van der Waals surface area contributed by atoms with Gasteiger partial charge in [-0.2, -0.15) is 0 Å². The molecule has 4 amide bonds. The Morgan fingerprint density at radius 3 is 0.776 bits per heavy atom. The normalized spacial score (nSPS) is 14.4. The minimum atomic E-state index is -4.37. The highest BCUT2D eigenvalue weighted by molar-refractivity contribution is 9.16. The minimum Gasteiger partial charge on any atom is -0.268 e. The van der Waals surface area contributed by atoms with Gasteiger partial charge in [0.15, 0.2) is 0 Å². The van der Waals surface area contributed by atoms with E-state index >= 15 is 0 Å². The number of nitrogens with zero attached hydrogens (tertiary/aromatic N) is 2. The van der Waals surface area contributed by atoms with Crippen LogP contribution in [0.5, 0.6) is 0 Å². The Labute approximate surface area is 377 Å². The molecule has 0 saturated carbocycles. The van der Waals surface area contributed by atoms with Crippen LogP contribution in [0.1, 0.15) is 41.4 Å². The monoisotopic (exact) mass is 1440 g/mol. The molecule has 0 unspecified atom stereocenters. The molecule has 0 atom stereocenters. The van der Waals surface area contributed by atoms with Gasteiger partial charge in [0, 0.05) is 53.7 Å². The molecule has 0 radical (unpaired) electrons. The van der Waals surface area contributed by atoms with Gasteiger partial charge in [0.1, 0.15) is 9.79 Å². The number of hydrogen-bond donors (Lipinski definition) is 0. The van der Waals surface area contributed by atoms with Crippen LogP contribution in [0.25, 0.3) is 0 Å². The summed E-state index contributed by atoms with van der Waals surface area (Å²) in [5.41, 5.74) is 0.710. The van der Waals surface area contributed by atoms with E-state index in [4.69, 9.17) is 0 Å². The lowest BCUT2D eigenvalue weighted by atomic mass is 10.1. The SMILES string of the molecule is O=C1c2c(Br)c(Br)c(Br)c(Br)c2C(=O)N1c1cc(Br)c(S(=O)(=O)c2c(Br)cc(N3C(=O)c4c(Br)c(Br)c(Br)c(Br)c4C3=O)cc2Br)c(Br)c1. The third-order valence-electron chi connectivity index (χ3n) is 7.22. The van der Waals surface area contributed by atoms with Gasteiger partial charge in [0.2, 0.25) is 9.84 Å². The Morgan fingerprint density at radius 2 is 0.571 bits per heavy atom. The van der Waals surface area contributed by atoms with Crippen molar-refractivity contribution in [3.63, 3.8) is 0 Å². The van der Waals surface area contributed by atoms with Gasteiger partial charge < -0.3 is 0 Å². The molecule has 49 heavy (non-hydrogen) atoms. The van der Waals surface area contributed by atoms with Gasteiger partial charge in [-0.3, -0.25) is 19.2 Å². The molecular weight excluding hydrogens is 1450 g/mol. The second-order valence-electron chi connectivity index (χ2n) is 9.88. The van der Waals surface area contributed by atoms with E-state index < -0.39 is 33.5 Å². The molecule has 21 heteroatoms. The van der Waals surface area contributed by atoms with E-state index in [-0.39, 0.29) is 61.3 Å². The Balaban J connectivity index is 1.41. The number of anilines is 2. The van der Waals surface area contributed by atoms with Crippen molar-refractivity contribution in [1.29, 1.82) is 0 Å². The number of amides is 4. The number of fused-ring (bicyclic) bond motifs is 2. The van der Waals surface area contributed by atoms with Crippen LogP contribution in [-0.2, 0) is 9.84 Å². The van der Waals surface area contributed by atoms with Crippen molar-refractivity contribution in [2.45, 2.75) is 9.79 Å². The van der Waals surface area contributed by atoms with Crippen LogP contribution in [-0.4, -0.2) is 32.0 Å². The predicted molar refractivity (Wildman–Crippen MR) is 226 cm³/mol. The molecule has 6 rings (SSSR count). The topological polar surface area (TPSA) is 109 Å². The van der Waals surface area contributed by atoms with Crippen LogP contribution in [0, 0.1) is 0 Å². The maximum atomic E-state index is 14.3. The van der Waals surface area contributed by atoms with E-state index in [1.807, 2.05) is 0 Å². The van der Waals surface area contributed by atoms with Gasteiger partial charge in [-0.25, -0.2) is 18.2 Å². The molecule has 0 aromatic heterocycles. The van der Waals surface area contributed by atoms with Crippen molar-refractivity contribution in [2.24, 2.45) is 0 Å². The van der Waals surface area contributed by atoms with Gasteiger partial charge in [0.25, 0.3) is 23.6 Å². The van der Waals surface area contributed by atoms with Gasteiger partial charge in [0.05, 0.1) is 33.6 Å². The van der Waals surface area contributed by atoms with Crippen molar-refractivity contribution < 1.29 is 27.6 Å². The van der Waals surface area contributed by atoms with Crippen LogP contribution < -0.4 is 9.80 Å². The van der Waals surface area contributed by atoms with Gasteiger partial charge in [-0.15, -0.1) is 0 Å². The molecule has 2 heterocycles. The number of sulfone groups is 1. The molecule has 0 saturated heterocycles. The average molecular weight is 1460 g/mol. The molecule has 252 valence electrons. The second-order valence-corrected chi connectivity index (χ2v) is 21.5. The van der Waals surface area contributed by atoms with Crippen LogP contribution in [0.3, 0.4) is 0 Å². The second kappa shape index (κ2) is 14.2. The lowest BCUT2D eigenvalue weighted by Gasteiger charge is -2.20. The summed E-state index contributed by atoms with van der Waals surface area (Å²) in [6.45, 7) is 0. The number of carbonyl (C=O) groups is 4. The standard InChI is InChI=1S/C28H4Br12N2O6S/c29-7-1-5(41-25(43)11-12(26(41)44)16(34)20(38)19(37)15(11)33)2-8(30)23(7)49(47,48)24-9(31)3-6(4-10(24)32)42-27(45)13-14(28(42)46)18(36)22(40)21(39)17(13)35/h1-4H. The quantitative estimate of drug-likeness (QED) is 0.114. The zero-order chi connectivity index (χ0) is 36.3. The fourth-order valence-electron chi connectivity index (χ4n) is 5.13. The fourth-order valence-corrected chi connectivity index (χ4v) is 16.4. The molecule has 2 aliphatic heterocycles. The van der Waals surface area contributed by atoms with Crippen molar-refractivity contribution in [2.75, 3.05) is 9.80 Å². The van der Waals surface area contributed by atoms with Crippen molar-refractivity contribution >= 4 is 236 Å². The molecule has 0 N–H and O–H groups in total. The van der Waals surface area contributed by atoms with Crippen LogP contribution in [0.4, 0.5) is 11.4 Å². The first kappa shape index (κ1) is 39.6. The van der Waals surface area contributed by atoms with E-state index in [1.165, 1.54) is 24.3 Å². The summed E-state index contributed by atoms with van der Waals surface area (Å²) in [7, 11) is -4.37. The average Bonchev–Trinajstić information content (AvgIpc) is 3.43. The molecular formula is C28H4Br12N2O6S. The van der Waals surface area contributed by atoms with Crippen molar-refractivity contribution in [3.8, 4) is 0 Å². The third-order valence-corrected chi connectivity index (χ3v) is 22.3. The molecule has 0 spiro atoms. The first-order chi connectivity index (χ1) is 22.7. The van der Waals surface area contributed by atoms with Gasteiger partial charge >= 0.3 is 0 Å². The number of carbonyl (C=O) groups excluding carboxylic acids is 4. The molecule has 4 aromatic rings. The smallest absolute Gasteiger partial charge is 0.267 e. The Bertz CT molecular complexity index is 2130. The molecule has 2 aliphatic rings. The van der Waals surface area contributed by atoms with E-state index in [0.717, 1.165) is 9.80 Å². The molecule has 8 nitrogen and oxygen atoms in total. The first-order valence-corrected chi connectivity index (χ1v) is 23.5. The number of benzene rings is 4. The predicted octanol–water partition coefficient (Wildman–Crippen LogP) is 13.3. The highest BCUT2D eigenvalue weighted by Gasteiger charge is 2.44. The number of rotatable bonds is 4. The van der Waals surface area contributed by atoms with Crippen LogP contribution >= 0.6 is 191 Å². The van der Waals surface area contributed by atoms with E-state index in [9.17, 15) is 27.6 Å². The Kier molecular flexibility index (Phi) is 11.4. The Hall–Kier alpha value is 0.870. The molecule has 0 fully saturated rings. The summed E-state index contributed by atoms with van der Waals surface area (Å²) in [5, 5.41) is 0. The summed E-state index contributed by atoms with van der Waals surface area (Å²) >= 11 is 40.6. The third kappa shape index (κ3) is 6.08. The Morgan fingerprint density at radius 1 is 0.367 bits per heavy atom. The van der Waals surface area contributed by atoms with E-state index in [2.05, 4.69) is 191 Å². The van der Waals surface area contributed by atoms with E-state index in [0.29, 0.717) is 35.8 Å². The van der Waals surface area contributed by atoms with Crippen LogP contribution in [0.2, 0.25) is 0 Å². The van der Waals surface area contributed by atoms with Gasteiger partial charge in [-0.1, -0.05) is 0 Å². The van der Waals surface area contributed by atoms with Gasteiger partial charge in [-0.05, 0) is 215 Å². The molecule has 0 bridgehead atoms. The maximum Gasteiger partial charge on any atom is 0.267 e. The summed E-state index contributed by atoms with van der Waals surface area (Å²) in [4.78, 5) is 55.8. The van der Waals surface area contributed by atoms with Crippen molar-refractivity contribution in [1.82, 2.24) is 0 Å². The van der Waals surface area contributed by atoms with E-state index in [1.54, 1.807) is 0 Å². The van der Waals surface area contributed by atoms with Crippen molar-refractivity contribution in [3.05, 3.63) is 100 Å². The lowest BCUT2D eigenvalue weighted by molar-refractivity contribution is 0.0910. The zero-order valence-corrected chi connectivity index (χ0v) is 42.4.